The Morgan fingerprint density at radius 1 is 1.50 bits per heavy atom. The van der Waals surface area contributed by atoms with Crippen LogP contribution in [0.25, 0.3) is 0 Å². The maximum absolute atomic E-state index is 14.0. The SMILES string of the molecule is CN1CCC2(CC1)c1ccnn1C(F)[C@H]2N. The Balaban J connectivity index is 2.02. The molecule has 3 rings (SSSR count). The molecule has 1 unspecified atom stereocenters. The summed E-state index contributed by atoms with van der Waals surface area (Å²) in [7, 11) is 2.09. The van der Waals surface area contributed by atoms with Gasteiger partial charge in [-0.15, -0.1) is 0 Å². The fourth-order valence-corrected chi connectivity index (χ4v) is 3.10. The first-order chi connectivity index (χ1) is 7.65. The second-order valence-electron chi connectivity index (χ2n) is 5.02. The molecule has 0 bridgehead atoms. The molecule has 1 aromatic rings. The lowest BCUT2D eigenvalue weighted by atomic mass is 9.72. The van der Waals surface area contributed by atoms with Gasteiger partial charge in [0.1, 0.15) is 0 Å². The van der Waals surface area contributed by atoms with E-state index >= 15 is 0 Å². The Kier molecular flexibility index (Phi) is 2.09. The van der Waals surface area contributed by atoms with Crippen molar-refractivity contribution >= 4 is 0 Å². The molecule has 0 radical (unpaired) electrons. The van der Waals surface area contributed by atoms with Gasteiger partial charge in [-0.2, -0.15) is 5.10 Å². The van der Waals surface area contributed by atoms with Crippen LogP contribution < -0.4 is 5.73 Å². The van der Waals surface area contributed by atoms with Gasteiger partial charge in [-0.1, -0.05) is 0 Å². The van der Waals surface area contributed by atoms with Crippen LogP contribution in [0.5, 0.6) is 0 Å². The standard InChI is InChI=1S/C11H17FN4/c1-15-6-3-11(4-7-15)8-2-5-14-16(8)10(12)9(11)13/h2,5,9-10H,3-4,6-7,13H2,1H3/t9-,10?/m1/s1. The minimum absolute atomic E-state index is 0.192. The lowest BCUT2D eigenvalue weighted by Crippen LogP contribution is -2.50. The molecule has 2 N–H and O–H groups in total. The molecule has 5 heteroatoms. The number of hydrogen-bond acceptors (Lipinski definition) is 3. The summed E-state index contributed by atoms with van der Waals surface area (Å²) in [6.07, 6.45) is 2.37. The first kappa shape index (κ1) is 10.2. The van der Waals surface area contributed by atoms with E-state index in [1.165, 1.54) is 4.68 Å². The van der Waals surface area contributed by atoms with Crippen molar-refractivity contribution in [2.45, 2.75) is 30.6 Å². The third-order valence-corrected chi connectivity index (χ3v) is 4.23. The molecule has 2 aliphatic rings. The predicted octanol–water partition coefficient (Wildman–Crippen LogP) is 0.656. The Bertz CT molecular complexity index is 394. The summed E-state index contributed by atoms with van der Waals surface area (Å²) in [5.41, 5.74) is 6.87. The number of hydrogen-bond donors (Lipinski definition) is 1. The van der Waals surface area contributed by atoms with E-state index in [0.717, 1.165) is 31.6 Å². The van der Waals surface area contributed by atoms with Crippen LogP contribution in [0, 0.1) is 0 Å². The van der Waals surface area contributed by atoms with Gasteiger partial charge in [0.2, 0.25) is 6.30 Å². The Hall–Kier alpha value is -0.940. The first-order valence-corrected chi connectivity index (χ1v) is 5.77. The number of halogens is 1. The molecular weight excluding hydrogens is 207 g/mol. The highest BCUT2D eigenvalue weighted by Crippen LogP contribution is 2.46. The zero-order valence-corrected chi connectivity index (χ0v) is 9.43. The van der Waals surface area contributed by atoms with Gasteiger partial charge in [0.15, 0.2) is 0 Å². The average Bonchev–Trinajstić information content (AvgIpc) is 2.83. The highest BCUT2D eigenvalue weighted by Gasteiger charge is 2.52. The van der Waals surface area contributed by atoms with Crippen molar-refractivity contribution in [2.24, 2.45) is 5.73 Å². The van der Waals surface area contributed by atoms with Crippen molar-refractivity contribution in [3.8, 4) is 0 Å². The zero-order valence-electron chi connectivity index (χ0n) is 9.43. The third kappa shape index (κ3) is 1.13. The molecule has 0 aliphatic carbocycles. The number of nitrogens with zero attached hydrogens (tertiary/aromatic N) is 3. The maximum atomic E-state index is 14.0. The van der Waals surface area contributed by atoms with Gasteiger partial charge >= 0.3 is 0 Å². The molecule has 0 amide bonds. The van der Waals surface area contributed by atoms with Crippen LogP contribution in [0.1, 0.15) is 24.8 Å². The van der Waals surface area contributed by atoms with E-state index in [1.54, 1.807) is 6.20 Å². The van der Waals surface area contributed by atoms with Crippen molar-refractivity contribution in [3.63, 3.8) is 0 Å². The molecule has 4 nitrogen and oxygen atoms in total. The van der Waals surface area contributed by atoms with Crippen LogP contribution in [-0.2, 0) is 5.41 Å². The van der Waals surface area contributed by atoms with Crippen molar-refractivity contribution in [3.05, 3.63) is 18.0 Å². The van der Waals surface area contributed by atoms with E-state index in [4.69, 9.17) is 5.73 Å². The summed E-state index contributed by atoms with van der Waals surface area (Å²) >= 11 is 0. The summed E-state index contributed by atoms with van der Waals surface area (Å²) in [5.74, 6) is 0. The minimum atomic E-state index is -1.16. The molecule has 16 heavy (non-hydrogen) atoms. The third-order valence-electron chi connectivity index (χ3n) is 4.23. The molecule has 0 saturated carbocycles. The lowest BCUT2D eigenvalue weighted by Gasteiger charge is -2.40. The summed E-state index contributed by atoms with van der Waals surface area (Å²) < 4.78 is 15.5. The quantitative estimate of drug-likeness (QED) is 0.704. The number of aromatic nitrogens is 2. The fourth-order valence-electron chi connectivity index (χ4n) is 3.10. The van der Waals surface area contributed by atoms with Crippen LogP contribution >= 0.6 is 0 Å². The highest BCUT2D eigenvalue weighted by molar-refractivity contribution is 5.27. The summed E-state index contributed by atoms with van der Waals surface area (Å²) in [5, 5.41) is 4.04. The molecule has 88 valence electrons. The van der Waals surface area contributed by atoms with Gasteiger partial charge in [-0.3, -0.25) is 0 Å². The molecular formula is C11H17FN4. The van der Waals surface area contributed by atoms with E-state index in [0.29, 0.717) is 0 Å². The highest BCUT2D eigenvalue weighted by atomic mass is 19.1. The van der Waals surface area contributed by atoms with Crippen LogP contribution in [0.3, 0.4) is 0 Å². The van der Waals surface area contributed by atoms with Gasteiger partial charge in [-0.25, -0.2) is 9.07 Å². The smallest absolute Gasteiger partial charge is 0.207 e. The number of alkyl halides is 1. The molecule has 1 aromatic heterocycles. The molecule has 1 saturated heterocycles. The van der Waals surface area contributed by atoms with Crippen molar-refractivity contribution in [1.29, 1.82) is 0 Å². The van der Waals surface area contributed by atoms with Gasteiger partial charge in [0.25, 0.3) is 0 Å². The normalized spacial score (nSPS) is 33.2. The Morgan fingerprint density at radius 3 is 2.88 bits per heavy atom. The van der Waals surface area contributed by atoms with Crippen molar-refractivity contribution in [2.75, 3.05) is 20.1 Å². The molecule has 1 spiro atoms. The Labute approximate surface area is 94.2 Å². The van der Waals surface area contributed by atoms with E-state index < -0.39 is 12.3 Å². The van der Waals surface area contributed by atoms with E-state index in [1.807, 2.05) is 6.07 Å². The van der Waals surface area contributed by atoms with Gasteiger partial charge in [0, 0.05) is 17.3 Å². The molecule has 3 heterocycles. The number of fused-ring (bicyclic) bond motifs is 2. The molecule has 2 atom stereocenters. The average molecular weight is 224 g/mol. The Morgan fingerprint density at radius 2 is 2.19 bits per heavy atom. The number of rotatable bonds is 0. The van der Waals surface area contributed by atoms with Crippen LogP contribution in [-0.4, -0.2) is 40.9 Å². The lowest BCUT2D eigenvalue weighted by molar-refractivity contribution is 0.125. The summed E-state index contributed by atoms with van der Waals surface area (Å²) in [6.45, 7) is 1.96. The zero-order chi connectivity index (χ0) is 11.3. The number of nitrogens with two attached hydrogens (primary N) is 1. The second-order valence-corrected chi connectivity index (χ2v) is 5.02. The van der Waals surface area contributed by atoms with Crippen LogP contribution in [0.2, 0.25) is 0 Å². The van der Waals surface area contributed by atoms with E-state index in [2.05, 4.69) is 17.0 Å². The maximum Gasteiger partial charge on any atom is 0.207 e. The minimum Gasteiger partial charge on any atom is -0.323 e. The topological polar surface area (TPSA) is 47.1 Å². The molecule has 0 aromatic carbocycles. The van der Waals surface area contributed by atoms with Crippen molar-refractivity contribution in [1.82, 2.24) is 14.7 Å². The van der Waals surface area contributed by atoms with Crippen molar-refractivity contribution < 1.29 is 4.39 Å². The summed E-state index contributed by atoms with van der Waals surface area (Å²) in [4.78, 5) is 2.27. The summed E-state index contributed by atoms with van der Waals surface area (Å²) in [6, 6.07) is 1.48. The van der Waals surface area contributed by atoms with Gasteiger partial charge in [-0.05, 0) is 39.0 Å². The predicted molar refractivity (Wildman–Crippen MR) is 58.8 cm³/mol. The number of likely N-dealkylation sites (tertiary alicyclic amines) is 1. The first-order valence-electron chi connectivity index (χ1n) is 5.77. The molecule has 2 aliphatic heterocycles. The molecule has 1 fully saturated rings. The second kappa shape index (κ2) is 3.28. The number of piperidine rings is 1. The van der Waals surface area contributed by atoms with Gasteiger partial charge in [0.05, 0.1) is 6.04 Å². The monoisotopic (exact) mass is 224 g/mol. The van der Waals surface area contributed by atoms with E-state index in [9.17, 15) is 4.39 Å². The fraction of sp³-hybridized carbons (Fsp3) is 0.727. The largest absolute Gasteiger partial charge is 0.323 e. The van der Waals surface area contributed by atoms with E-state index in [-0.39, 0.29) is 5.41 Å². The van der Waals surface area contributed by atoms with Crippen LogP contribution in [0.4, 0.5) is 4.39 Å². The van der Waals surface area contributed by atoms with Crippen LogP contribution in [0.15, 0.2) is 12.3 Å². The van der Waals surface area contributed by atoms with Gasteiger partial charge < -0.3 is 10.6 Å².